The third kappa shape index (κ3) is 30.8. The van der Waals surface area contributed by atoms with Crippen molar-refractivity contribution in [1.29, 1.82) is 0 Å². The standard InChI is InChI=1S/C66H103N7O21S2/c1-7-72-57-22-20-52(95(79,80)81)48-54(57)65(3,4)59(72)17-10-8-11-18-60-66(5,6)55-49-53(96(82,83)84)21-23-58(55)73(60)27-15-9-12-19-61(75)68-25-14-13-16-56(64(67)78)71-62(76)24-28-85-30-32-87-34-36-89-38-40-91-42-44-93-46-47-94-45-43-92-41-39-90-37-35-88-33-31-86-29-26-69-63(77)50-70-51(2)74/h8,10-11,17-18,20-23,48-49,56H,7,9,12-16,19,24-47,50H2,1-6H3,(H7-,67,68,69,70,71,74,75,76,77,78,79,80,81,82,83,84)/t56-/m0/s1. The molecule has 2 aromatic carbocycles. The van der Waals surface area contributed by atoms with E-state index in [-0.39, 0.29) is 59.6 Å². The summed E-state index contributed by atoms with van der Waals surface area (Å²) in [5.41, 5.74) is 9.29. The highest BCUT2D eigenvalue weighted by Crippen LogP contribution is 2.49. The normalized spacial score (nSPS) is 15.0. The van der Waals surface area contributed by atoms with Gasteiger partial charge in [0.25, 0.3) is 10.1 Å². The second-order valence-electron chi connectivity index (χ2n) is 23.4. The molecular weight excluding hydrogens is 1290 g/mol. The van der Waals surface area contributed by atoms with Crippen molar-refractivity contribution in [1.82, 2.24) is 21.3 Å². The number of benzene rings is 2. The number of rotatable bonds is 54. The number of anilines is 1. The van der Waals surface area contributed by atoms with Crippen LogP contribution in [0.1, 0.15) is 104 Å². The summed E-state index contributed by atoms with van der Waals surface area (Å²) in [6, 6.07) is 8.19. The molecule has 0 radical (unpaired) electrons. The van der Waals surface area contributed by atoms with Gasteiger partial charge in [-0.1, -0.05) is 38.5 Å². The molecular formula is C66H103N7O21S2. The van der Waals surface area contributed by atoms with Gasteiger partial charge in [0, 0.05) is 73.9 Å². The van der Waals surface area contributed by atoms with Crippen molar-refractivity contribution in [3.05, 3.63) is 83.6 Å². The van der Waals surface area contributed by atoms with Gasteiger partial charge in [-0.2, -0.15) is 13.0 Å². The number of amides is 5. The summed E-state index contributed by atoms with van der Waals surface area (Å²) in [6.07, 6.45) is 13.4. The molecule has 0 unspecified atom stereocenters. The minimum atomic E-state index is -4.64. The Morgan fingerprint density at radius 1 is 0.583 bits per heavy atom. The molecule has 0 spiro atoms. The number of carbonyl (C=O) groups is 5. The number of nitrogens with two attached hydrogens (primary N) is 1. The molecule has 28 nitrogen and oxygen atoms in total. The van der Waals surface area contributed by atoms with Crippen LogP contribution in [0, 0.1) is 0 Å². The average Bonchev–Trinajstić information content (AvgIpc) is 1.60. The SMILES string of the molecule is CC[N+]1=C(/C=C/C=C/C=C2/N(CCCCCC(=O)NCCCC[C@H](NC(=O)CCOCCOCCOCCOCCOCCOCCOCCOCCOCCOCCNC(=O)CNC(C)=O)C(N)=O)c3ccc(S(=O)(=O)O)cc3C2(C)C)C(C)(C)c2cc(S(=O)(=O)[O-])ccc21. The van der Waals surface area contributed by atoms with E-state index in [2.05, 4.69) is 30.7 Å². The lowest BCUT2D eigenvalue weighted by atomic mass is 9.81. The van der Waals surface area contributed by atoms with Crippen LogP contribution in [0.2, 0.25) is 0 Å². The van der Waals surface area contributed by atoms with E-state index in [1.54, 1.807) is 12.1 Å². The lowest BCUT2D eigenvalue weighted by Gasteiger charge is -2.27. The molecule has 0 bridgehead atoms. The second-order valence-corrected chi connectivity index (χ2v) is 26.2. The quantitative estimate of drug-likeness (QED) is 0.0238. The summed E-state index contributed by atoms with van der Waals surface area (Å²) in [7, 11) is -9.10. The van der Waals surface area contributed by atoms with Crippen LogP contribution in [-0.2, 0) is 102 Å². The number of primary amides is 1. The number of fused-ring (bicyclic) bond motifs is 2. The number of hydrogen-bond donors (Lipinski definition) is 6. The fraction of sp³-hybridized carbons (Fsp3) is 0.636. The number of allylic oxidation sites excluding steroid dienone is 6. The predicted molar refractivity (Wildman–Crippen MR) is 357 cm³/mol. The molecule has 4 rings (SSSR count). The van der Waals surface area contributed by atoms with E-state index in [1.807, 2.05) is 65.0 Å². The minimum absolute atomic E-state index is 0.0309. The first-order chi connectivity index (χ1) is 45.9. The van der Waals surface area contributed by atoms with E-state index in [0.29, 0.717) is 184 Å². The van der Waals surface area contributed by atoms with Gasteiger partial charge in [0.1, 0.15) is 22.7 Å². The summed E-state index contributed by atoms with van der Waals surface area (Å²) in [5, 5.41) is 10.7. The van der Waals surface area contributed by atoms with E-state index in [9.17, 15) is 49.9 Å². The van der Waals surface area contributed by atoms with Gasteiger partial charge in [0.2, 0.25) is 35.2 Å². The summed E-state index contributed by atoms with van der Waals surface area (Å²) in [4.78, 5) is 61.4. The Morgan fingerprint density at radius 3 is 1.60 bits per heavy atom. The number of nitrogens with one attached hydrogen (secondary N) is 4. The van der Waals surface area contributed by atoms with Gasteiger partial charge in [0.05, 0.1) is 154 Å². The molecule has 2 aromatic rings. The third-order valence-electron chi connectivity index (χ3n) is 15.5. The van der Waals surface area contributed by atoms with Gasteiger partial charge in [-0.25, -0.2) is 8.42 Å². The molecule has 96 heavy (non-hydrogen) atoms. The highest BCUT2D eigenvalue weighted by atomic mass is 32.2. The summed E-state index contributed by atoms with van der Waals surface area (Å²) < 4.78 is 127. The van der Waals surface area contributed by atoms with E-state index in [4.69, 9.17) is 53.1 Å². The Hall–Kier alpha value is -6.10. The van der Waals surface area contributed by atoms with Crippen molar-refractivity contribution in [2.75, 3.05) is 170 Å². The monoisotopic (exact) mass is 1390 g/mol. The average molecular weight is 1390 g/mol. The Labute approximate surface area is 566 Å². The van der Waals surface area contributed by atoms with E-state index in [0.717, 1.165) is 40.3 Å². The van der Waals surface area contributed by atoms with Gasteiger partial charge in [-0.3, -0.25) is 28.5 Å². The molecule has 2 aliphatic rings. The van der Waals surface area contributed by atoms with Gasteiger partial charge >= 0.3 is 0 Å². The third-order valence-corrected chi connectivity index (χ3v) is 17.1. The largest absolute Gasteiger partial charge is 0.744 e. The molecule has 7 N–H and O–H groups in total. The Kier molecular flexibility index (Phi) is 38.4. The molecule has 2 heterocycles. The highest BCUT2D eigenvalue weighted by molar-refractivity contribution is 7.86. The summed E-state index contributed by atoms with van der Waals surface area (Å²) >= 11 is 0. The fourth-order valence-corrected chi connectivity index (χ4v) is 11.4. The molecule has 0 fully saturated rings. The van der Waals surface area contributed by atoms with Gasteiger partial charge in [0.15, 0.2) is 5.71 Å². The maximum Gasteiger partial charge on any atom is 0.294 e. The molecule has 5 amide bonds. The molecule has 0 aliphatic carbocycles. The zero-order chi connectivity index (χ0) is 70.2. The van der Waals surface area contributed by atoms with Gasteiger partial charge in [-0.15, -0.1) is 0 Å². The zero-order valence-corrected chi connectivity index (χ0v) is 58.3. The van der Waals surface area contributed by atoms with E-state index >= 15 is 0 Å². The van der Waals surface area contributed by atoms with Crippen molar-refractivity contribution in [2.45, 2.75) is 120 Å². The van der Waals surface area contributed by atoms with Gasteiger partial charge < -0.3 is 83.8 Å². The molecule has 540 valence electrons. The topological polar surface area (TPSA) is 370 Å². The molecule has 0 saturated heterocycles. The van der Waals surface area contributed by atoms with E-state index in [1.165, 1.54) is 31.2 Å². The lowest BCUT2D eigenvalue weighted by Crippen LogP contribution is -2.44. The number of carbonyl (C=O) groups excluding carboxylic acids is 5. The Balaban J connectivity index is 0.964. The molecule has 0 aromatic heterocycles. The van der Waals surface area contributed by atoms with Crippen molar-refractivity contribution >= 4 is 66.9 Å². The van der Waals surface area contributed by atoms with Crippen LogP contribution in [-0.4, -0.2) is 237 Å². The maximum absolute atomic E-state index is 12.8. The minimum Gasteiger partial charge on any atom is -0.744 e. The second kappa shape index (κ2) is 44.7. The van der Waals surface area contributed by atoms with Crippen LogP contribution in [0.25, 0.3) is 0 Å². The van der Waals surface area contributed by atoms with Crippen LogP contribution < -0.4 is 31.9 Å². The first-order valence-corrected chi connectivity index (χ1v) is 35.6. The van der Waals surface area contributed by atoms with Crippen LogP contribution in [0.4, 0.5) is 11.4 Å². The molecule has 1 atom stereocenters. The number of hydrogen-bond acceptors (Lipinski definition) is 21. The molecule has 0 saturated carbocycles. The summed E-state index contributed by atoms with van der Waals surface area (Å²) in [6.45, 7) is 20.8. The highest BCUT2D eigenvalue weighted by Gasteiger charge is 2.44. The number of nitrogens with zero attached hydrogens (tertiary/aromatic N) is 2. The zero-order valence-electron chi connectivity index (χ0n) is 56.7. The number of ether oxygens (including phenoxy) is 10. The van der Waals surface area contributed by atoms with Crippen molar-refractivity contribution in [3.63, 3.8) is 0 Å². The molecule has 2 aliphatic heterocycles. The van der Waals surface area contributed by atoms with Crippen molar-refractivity contribution in [2.24, 2.45) is 5.73 Å². The van der Waals surface area contributed by atoms with Crippen molar-refractivity contribution in [3.8, 4) is 0 Å². The maximum atomic E-state index is 12.8. The van der Waals surface area contributed by atoms with Crippen LogP contribution in [0.3, 0.4) is 0 Å². The summed E-state index contributed by atoms with van der Waals surface area (Å²) in [5.74, 6) is -1.67. The first kappa shape index (κ1) is 82.3. The van der Waals surface area contributed by atoms with Crippen LogP contribution in [0.15, 0.2) is 82.3 Å². The smallest absolute Gasteiger partial charge is 0.294 e. The lowest BCUT2D eigenvalue weighted by molar-refractivity contribution is -0.433. The van der Waals surface area contributed by atoms with Gasteiger partial charge in [-0.05, 0) is 94.8 Å². The number of unbranched alkanes of at least 4 members (excludes halogenated alkanes) is 3. The van der Waals surface area contributed by atoms with Crippen LogP contribution >= 0.6 is 0 Å². The fourth-order valence-electron chi connectivity index (χ4n) is 10.4. The van der Waals surface area contributed by atoms with Crippen molar-refractivity contribution < 1.29 is 102 Å². The Morgan fingerprint density at radius 2 is 1.09 bits per heavy atom. The first-order valence-electron chi connectivity index (χ1n) is 32.7. The van der Waals surface area contributed by atoms with E-state index < -0.39 is 43.0 Å². The van der Waals surface area contributed by atoms with Crippen LogP contribution in [0.5, 0.6) is 0 Å². The molecule has 30 heteroatoms. The predicted octanol–water partition coefficient (Wildman–Crippen LogP) is 3.65. The Bertz CT molecular complexity index is 3100.